The summed E-state index contributed by atoms with van der Waals surface area (Å²) in [5, 5.41) is 5.03. The molecule has 8 heteroatoms. The van der Waals surface area contributed by atoms with Crippen molar-refractivity contribution in [2.45, 2.75) is 32.5 Å². The number of nitrogens with zero attached hydrogens (tertiary/aromatic N) is 2. The smallest absolute Gasteiger partial charge is 0.369 e. The summed E-state index contributed by atoms with van der Waals surface area (Å²) in [4.78, 5) is 18.2. The second-order valence-corrected chi connectivity index (χ2v) is 5.16. The third kappa shape index (κ3) is 3.61. The number of amides is 1. The molecule has 2 rings (SSSR count). The molecule has 2 heterocycles. The van der Waals surface area contributed by atoms with Gasteiger partial charge in [0, 0.05) is 19.6 Å². The molecule has 5 nitrogen and oxygen atoms in total. The van der Waals surface area contributed by atoms with E-state index in [-0.39, 0.29) is 5.69 Å². The maximum atomic E-state index is 12.5. The molecule has 0 bridgehead atoms. The summed E-state index contributed by atoms with van der Waals surface area (Å²) < 4.78 is 37.5. The van der Waals surface area contributed by atoms with Crippen molar-refractivity contribution in [2.24, 2.45) is 0 Å². The molecule has 0 saturated carbocycles. The van der Waals surface area contributed by atoms with Crippen LogP contribution in [0.5, 0.6) is 0 Å². The number of alkyl halides is 3. The summed E-state index contributed by atoms with van der Waals surface area (Å²) in [7, 11) is 0. The van der Waals surface area contributed by atoms with Gasteiger partial charge in [0.05, 0.1) is 5.69 Å². The van der Waals surface area contributed by atoms with Gasteiger partial charge in [0.25, 0.3) is 5.91 Å². The molecule has 0 fully saturated rings. The molecule has 22 heavy (non-hydrogen) atoms. The van der Waals surface area contributed by atoms with Gasteiger partial charge in [0.15, 0.2) is 5.82 Å². The molecule has 1 aromatic rings. The van der Waals surface area contributed by atoms with Crippen LogP contribution in [0.2, 0.25) is 0 Å². The van der Waals surface area contributed by atoms with Crippen LogP contribution >= 0.6 is 0 Å². The fourth-order valence-electron chi connectivity index (χ4n) is 2.24. The van der Waals surface area contributed by atoms with E-state index < -0.39 is 18.1 Å². The predicted octanol–water partition coefficient (Wildman–Crippen LogP) is 2.40. The maximum Gasteiger partial charge on any atom is 0.408 e. The zero-order valence-corrected chi connectivity index (χ0v) is 12.5. The molecule has 1 aliphatic heterocycles. The Balaban J connectivity index is 2.20. The minimum atomic E-state index is -4.47. The van der Waals surface area contributed by atoms with Crippen molar-refractivity contribution in [2.75, 3.05) is 29.9 Å². The van der Waals surface area contributed by atoms with Crippen LogP contribution in [-0.2, 0) is 0 Å². The molecule has 1 atom stereocenters. The summed E-state index contributed by atoms with van der Waals surface area (Å²) in [6.45, 7) is 5.29. The van der Waals surface area contributed by atoms with E-state index in [1.165, 1.54) is 6.07 Å². The van der Waals surface area contributed by atoms with Crippen molar-refractivity contribution in [3.8, 4) is 0 Å². The number of halogens is 3. The number of carbonyl (C=O) groups excluding carboxylic acids is 1. The van der Waals surface area contributed by atoms with E-state index in [1.807, 2.05) is 12.2 Å². The Kier molecular flexibility index (Phi) is 4.77. The van der Waals surface area contributed by atoms with Crippen molar-refractivity contribution in [1.29, 1.82) is 0 Å². The van der Waals surface area contributed by atoms with Gasteiger partial charge in [-0.1, -0.05) is 0 Å². The van der Waals surface area contributed by atoms with Crippen LogP contribution < -0.4 is 15.5 Å². The Morgan fingerprint density at radius 3 is 2.86 bits per heavy atom. The van der Waals surface area contributed by atoms with Gasteiger partial charge in [0.2, 0.25) is 0 Å². The molecule has 0 unspecified atom stereocenters. The minimum absolute atomic E-state index is 0.0275. The number of aromatic nitrogens is 1. The van der Waals surface area contributed by atoms with Gasteiger partial charge in [-0.25, -0.2) is 4.98 Å². The molecule has 0 saturated heterocycles. The Labute approximate surface area is 126 Å². The first kappa shape index (κ1) is 16.4. The van der Waals surface area contributed by atoms with Crippen molar-refractivity contribution in [1.82, 2.24) is 10.3 Å². The number of fused-ring (bicyclic) bond motifs is 1. The van der Waals surface area contributed by atoms with E-state index in [0.717, 1.165) is 32.1 Å². The van der Waals surface area contributed by atoms with Gasteiger partial charge in [0.1, 0.15) is 11.7 Å². The number of nitrogens with one attached hydrogen (secondary N) is 2. The van der Waals surface area contributed by atoms with Crippen LogP contribution in [0.1, 0.15) is 30.8 Å². The highest BCUT2D eigenvalue weighted by Crippen LogP contribution is 2.27. The molecule has 0 aromatic carbocycles. The van der Waals surface area contributed by atoms with Crippen LogP contribution in [0, 0.1) is 0 Å². The van der Waals surface area contributed by atoms with Gasteiger partial charge in [-0.15, -0.1) is 0 Å². The van der Waals surface area contributed by atoms with E-state index >= 15 is 0 Å². The van der Waals surface area contributed by atoms with Crippen molar-refractivity contribution in [3.05, 3.63) is 17.8 Å². The summed E-state index contributed by atoms with van der Waals surface area (Å²) in [5.74, 6) is -0.298. The largest absolute Gasteiger partial charge is 0.408 e. The average molecular weight is 316 g/mol. The minimum Gasteiger partial charge on any atom is -0.369 e. The molecule has 1 amide bonds. The lowest BCUT2D eigenvalue weighted by atomic mass is 10.2. The Morgan fingerprint density at radius 2 is 2.23 bits per heavy atom. The van der Waals surface area contributed by atoms with Gasteiger partial charge in [-0.2, -0.15) is 13.2 Å². The maximum absolute atomic E-state index is 12.5. The molecule has 2 N–H and O–H groups in total. The second-order valence-electron chi connectivity index (χ2n) is 5.16. The normalized spacial score (nSPS) is 16.3. The first-order chi connectivity index (χ1) is 10.3. The lowest BCUT2D eigenvalue weighted by Gasteiger charge is -2.22. The van der Waals surface area contributed by atoms with E-state index in [0.29, 0.717) is 12.4 Å². The quantitative estimate of drug-likeness (QED) is 0.899. The van der Waals surface area contributed by atoms with E-state index in [1.54, 1.807) is 6.07 Å². The Morgan fingerprint density at radius 1 is 1.50 bits per heavy atom. The monoisotopic (exact) mass is 316 g/mol. The Hall–Kier alpha value is -1.99. The molecule has 0 aliphatic carbocycles. The van der Waals surface area contributed by atoms with Crippen LogP contribution in [-0.4, -0.2) is 42.7 Å². The molecular formula is C14H19F3N4O. The standard InChI is InChI=1S/C14H19F3N4O/c1-3-21-8-4-7-18-12-11(21)6-5-10(20-12)13(22)19-9(2)14(15,16)17/h5-6,9H,3-4,7-8H2,1-2H3,(H,18,20)(H,19,22)/t9-/m1/s1. The first-order valence-electron chi connectivity index (χ1n) is 7.20. The van der Waals surface area contributed by atoms with Crippen molar-refractivity contribution < 1.29 is 18.0 Å². The number of carbonyl (C=O) groups is 1. The van der Waals surface area contributed by atoms with Crippen LogP contribution in [0.25, 0.3) is 0 Å². The fourth-order valence-corrected chi connectivity index (χ4v) is 2.24. The average Bonchev–Trinajstić information content (AvgIpc) is 2.67. The third-order valence-corrected chi connectivity index (χ3v) is 3.56. The molecule has 122 valence electrons. The molecule has 0 spiro atoms. The Bertz CT molecular complexity index is 547. The zero-order chi connectivity index (χ0) is 16.3. The van der Waals surface area contributed by atoms with Gasteiger partial charge < -0.3 is 15.5 Å². The lowest BCUT2D eigenvalue weighted by molar-refractivity contribution is -0.149. The number of hydrogen-bond acceptors (Lipinski definition) is 4. The molecular weight excluding hydrogens is 297 g/mol. The number of pyridine rings is 1. The summed E-state index contributed by atoms with van der Waals surface area (Å²) >= 11 is 0. The highest BCUT2D eigenvalue weighted by atomic mass is 19.4. The predicted molar refractivity (Wildman–Crippen MR) is 78.2 cm³/mol. The molecule has 1 aromatic heterocycles. The first-order valence-corrected chi connectivity index (χ1v) is 7.20. The van der Waals surface area contributed by atoms with E-state index in [9.17, 15) is 18.0 Å². The summed E-state index contributed by atoms with van der Waals surface area (Å²) in [6.07, 6.45) is -3.55. The van der Waals surface area contributed by atoms with Gasteiger partial charge in [-0.05, 0) is 32.4 Å². The zero-order valence-electron chi connectivity index (χ0n) is 12.5. The van der Waals surface area contributed by atoms with E-state index in [2.05, 4.69) is 15.2 Å². The molecule has 0 radical (unpaired) electrons. The topological polar surface area (TPSA) is 57.3 Å². The fraction of sp³-hybridized carbons (Fsp3) is 0.571. The van der Waals surface area contributed by atoms with E-state index in [4.69, 9.17) is 0 Å². The summed E-state index contributed by atoms with van der Waals surface area (Å²) in [5.41, 5.74) is 0.834. The summed E-state index contributed by atoms with van der Waals surface area (Å²) in [6, 6.07) is 1.25. The second kappa shape index (κ2) is 6.41. The highest BCUT2D eigenvalue weighted by molar-refractivity contribution is 5.93. The van der Waals surface area contributed by atoms with Crippen LogP contribution in [0.4, 0.5) is 24.7 Å². The highest BCUT2D eigenvalue weighted by Gasteiger charge is 2.37. The van der Waals surface area contributed by atoms with Crippen LogP contribution in [0.3, 0.4) is 0 Å². The van der Waals surface area contributed by atoms with Crippen molar-refractivity contribution >= 4 is 17.4 Å². The number of hydrogen-bond donors (Lipinski definition) is 2. The molecule has 1 aliphatic rings. The van der Waals surface area contributed by atoms with Gasteiger partial charge in [-0.3, -0.25) is 4.79 Å². The lowest BCUT2D eigenvalue weighted by Crippen LogP contribution is -2.43. The third-order valence-electron chi connectivity index (χ3n) is 3.56. The SMILES string of the molecule is CCN1CCCNc2nc(C(=O)N[C@H](C)C(F)(F)F)ccc21. The van der Waals surface area contributed by atoms with Crippen LogP contribution in [0.15, 0.2) is 12.1 Å². The number of rotatable bonds is 3. The van der Waals surface area contributed by atoms with Crippen molar-refractivity contribution in [3.63, 3.8) is 0 Å². The van der Waals surface area contributed by atoms with Gasteiger partial charge >= 0.3 is 6.18 Å². The number of anilines is 2.